The average molecular weight is 269 g/mol. The van der Waals surface area contributed by atoms with Gasteiger partial charge in [0.05, 0.1) is 5.75 Å². The van der Waals surface area contributed by atoms with Gasteiger partial charge in [0.15, 0.2) is 15.6 Å². The lowest BCUT2D eigenvalue weighted by Crippen LogP contribution is -2.15. The molecule has 100 valence electrons. The number of aryl methyl sites for hydroxylation is 2. The normalized spacial score (nSPS) is 15.7. The van der Waals surface area contributed by atoms with Crippen molar-refractivity contribution in [2.24, 2.45) is 0 Å². The highest BCUT2D eigenvalue weighted by molar-refractivity contribution is 7.91. The van der Waals surface area contributed by atoms with E-state index in [0.29, 0.717) is 19.4 Å². The van der Waals surface area contributed by atoms with Gasteiger partial charge in [0.1, 0.15) is 0 Å². The summed E-state index contributed by atoms with van der Waals surface area (Å²) in [4.78, 5) is 11.7. The highest BCUT2D eigenvalue weighted by atomic mass is 32.2. The van der Waals surface area contributed by atoms with E-state index in [9.17, 15) is 13.2 Å². The number of rotatable bonds is 5. The third-order valence-corrected chi connectivity index (χ3v) is 5.12. The minimum Gasteiger partial charge on any atom is -0.352 e. The van der Waals surface area contributed by atoms with Crippen LogP contribution in [0.1, 0.15) is 42.1 Å². The van der Waals surface area contributed by atoms with Crippen molar-refractivity contribution in [2.45, 2.75) is 39.2 Å². The van der Waals surface area contributed by atoms with Gasteiger partial charge in [-0.15, -0.1) is 0 Å². The van der Waals surface area contributed by atoms with Crippen LogP contribution in [0.15, 0.2) is 12.4 Å². The molecule has 0 aliphatic heterocycles. The molecule has 4 nitrogen and oxygen atoms in total. The minimum absolute atomic E-state index is 0.155. The quantitative estimate of drug-likeness (QED) is 0.819. The number of nitrogens with zero attached hydrogens (tertiary/aromatic N) is 1. The van der Waals surface area contributed by atoms with Crippen molar-refractivity contribution in [1.82, 2.24) is 4.57 Å². The molecular weight excluding hydrogens is 250 g/mol. The highest BCUT2D eigenvalue weighted by Crippen LogP contribution is 2.22. The predicted molar refractivity (Wildman–Crippen MR) is 70.6 cm³/mol. The Morgan fingerprint density at radius 2 is 2.00 bits per heavy atom. The van der Waals surface area contributed by atoms with Crippen LogP contribution < -0.4 is 0 Å². The van der Waals surface area contributed by atoms with Gasteiger partial charge in [0, 0.05) is 36.7 Å². The van der Waals surface area contributed by atoms with Crippen molar-refractivity contribution < 1.29 is 13.2 Å². The van der Waals surface area contributed by atoms with Crippen molar-refractivity contribution in [3.05, 3.63) is 23.5 Å². The Balaban J connectivity index is 2.05. The molecule has 1 heterocycles. The monoisotopic (exact) mass is 269 g/mol. The third-order valence-electron chi connectivity index (χ3n) is 3.29. The lowest BCUT2D eigenvalue weighted by Gasteiger charge is -2.07. The van der Waals surface area contributed by atoms with Crippen LogP contribution >= 0.6 is 0 Å². The first-order chi connectivity index (χ1) is 8.52. The Morgan fingerprint density at radius 1 is 1.22 bits per heavy atom. The first kappa shape index (κ1) is 13.3. The van der Waals surface area contributed by atoms with E-state index in [2.05, 4.69) is 0 Å². The summed E-state index contributed by atoms with van der Waals surface area (Å²) in [5, 5.41) is 0. The highest BCUT2D eigenvalue weighted by Gasteiger charge is 2.19. The van der Waals surface area contributed by atoms with Gasteiger partial charge in [-0.2, -0.15) is 0 Å². The van der Waals surface area contributed by atoms with E-state index in [4.69, 9.17) is 0 Å². The number of hydrogen-bond donors (Lipinski definition) is 0. The molecule has 0 spiro atoms. The maximum atomic E-state index is 11.7. The average Bonchev–Trinajstić information content (AvgIpc) is 2.71. The van der Waals surface area contributed by atoms with Gasteiger partial charge in [-0.1, -0.05) is 6.92 Å². The Morgan fingerprint density at radius 3 is 2.67 bits per heavy atom. The second-order valence-electron chi connectivity index (χ2n) is 4.86. The molecule has 5 heteroatoms. The zero-order chi connectivity index (χ0) is 13.2. The molecule has 1 aromatic heterocycles. The minimum atomic E-state index is -2.95. The Bertz CT molecular complexity index is 543. The van der Waals surface area contributed by atoms with E-state index in [0.717, 1.165) is 24.0 Å². The summed E-state index contributed by atoms with van der Waals surface area (Å²) in [5.41, 5.74) is 1.85. The Hall–Kier alpha value is -1.10. The molecule has 0 radical (unpaired) electrons. The fraction of sp³-hybridized carbons (Fsp3) is 0.615. The van der Waals surface area contributed by atoms with Gasteiger partial charge in [0.2, 0.25) is 0 Å². The molecule has 0 bridgehead atoms. The molecule has 1 aliphatic carbocycles. The van der Waals surface area contributed by atoms with Crippen LogP contribution in [-0.2, 0) is 22.8 Å². The van der Waals surface area contributed by atoms with Crippen molar-refractivity contribution >= 4 is 15.6 Å². The lowest BCUT2D eigenvalue weighted by molar-refractivity contribution is 0.0973. The van der Waals surface area contributed by atoms with Crippen molar-refractivity contribution in [1.29, 1.82) is 0 Å². The first-order valence-electron chi connectivity index (χ1n) is 6.44. The van der Waals surface area contributed by atoms with Gasteiger partial charge in [0.25, 0.3) is 0 Å². The maximum absolute atomic E-state index is 11.7. The van der Waals surface area contributed by atoms with Gasteiger partial charge >= 0.3 is 0 Å². The van der Waals surface area contributed by atoms with Gasteiger partial charge < -0.3 is 4.57 Å². The molecule has 2 rings (SSSR count). The standard InChI is InChI=1S/C13H19NO3S/c1-2-7-18(16,17)8-6-14-9-11-4-3-5-13(15)12(11)10-14/h9-10H,2-8H2,1H3. The number of sulfone groups is 1. The summed E-state index contributed by atoms with van der Waals surface area (Å²) < 4.78 is 25.1. The van der Waals surface area contributed by atoms with E-state index in [-0.39, 0.29) is 17.3 Å². The number of Topliss-reactive ketones (excluding diaryl/α,β-unsaturated/α-hetero) is 1. The zero-order valence-corrected chi connectivity index (χ0v) is 11.5. The number of ketones is 1. The smallest absolute Gasteiger partial charge is 0.164 e. The molecule has 1 aromatic rings. The molecule has 1 aliphatic rings. The lowest BCUT2D eigenvalue weighted by atomic mass is 9.95. The van der Waals surface area contributed by atoms with Crippen LogP contribution in [0.2, 0.25) is 0 Å². The first-order valence-corrected chi connectivity index (χ1v) is 8.26. The number of carbonyl (C=O) groups excluding carboxylic acids is 1. The molecule has 0 amide bonds. The fourth-order valence-corrected chi connectivity index (χ4v) is 3.68. The molecule has 0 saturated carbocycles. The molecule has 0 saturated heterocycles. The van der Waals surface area contributed by atoms with E-state index in [1.54, 1.807) is 6.20 Å². The second-order valence-corrected chi connectivity index (χ2v) is 7.17. The van der Waals surface area contributed by atoms with Gasteiger partial charge in [-0.05, 0) is 24.8 Å². The summed E-state index contributed by atoms with van der Waals surface area (Å²) in [6.07, 6.45) is 6.83. The maximum Gasteiger partial charge on any atom is 0.164 e. The van der Waals surface area contributed by atoms with Gasteiger partial charge in [-0.25, -0.2) is 8.42 Å². The van der Waals surface area contributed by atoms with Gasteiger partial charge in [-0.3, -0.25) is 4.79 Å². The fourth-order valence-electron chi connectivity index (χ4n) is 2.37. The van der Waals surface area contributed by atoms with Crippen LogP contribution in [0.5, 0.6) is 0 Å². The molecule has 18 heavy (non-hydrogen) atoms. The van der Waals surface area contributed by atoms with Crippen molar-refractivity contribution in [3.63, 3.8) is 0 Å². The second kappa shape index (κ2) is 5.26. The van der Waals surface area contributed by atoms with E-state index in [1.165, 1.54) is 0 Å². The number of aromatic nitrogens is 1. The topological polar surface area (TPSA) is 56.1 Å². The van der Waals surface area contributed by atoms with Crippen LogP contribution in [0.3, 0.4) is 0 Å². The summed E-state index contributed by atoms with van der Waals surface area (Å²) in [6, 6.07) is 0. The SMILES string of the molecule is CCCS(=O)(=O)CCn1cc2c(c1)C(=O)CCC2. The van der Waals surface area contributed by atoms with E-state index < -0.39 is 9.84 Å². The van der Waals surface area contributed by atoms with E-state index >= 15 is 0 Å². The number of carbonyl (C=O) groups is 1. The van der Waals surface area contributed by atoms with Crippen LogP contribution in [0.4, 0.5) is 0 Å². The molecule has 0 unspecified atom stereocenters. The molecule has 0 N–H and O–H groups in total. The molecular formula is C13H19NO3S. The Kier molecular flexibility index (Phi) is 3.90. The Labute approximate surface area is 108 Å². The van der Waals surface area contributed by atoms with E-state index in [1.807, 2.05) is 17.7 Å². The predicted octanol–water partition coefficient (Wildman–Crippen LogP) is 1.83. The molecule has 0 fully saturated rings. The zero-order valence-electron chi connectivity index (χ0n) is 10.7. The number of hydrogen-bond acceptors (Lipinski definition) is 3. The summed E-state index contributed by atoms with van der Waals surface area (Å²) >= 11 is 0. The van der Waals surface area contributed by atoms with Crippen LogP contribution in [0.25, 0.3) is 0 Å². The van der Waals surface area contributed by atoms with Crippen molar-refractivity contribution in [2.75, 3.05) is 11.5 Å². The number of fused-ring (bicyclic) bond motifs is 1. The summed E-state index contributed by atoms with van der Waals surface area (Å²) in [7, 11) is -2.95. The van der Waals surface area contributed by atoms with Crippen molar-refractivity contribution in [3.8, 4) is 0 Å². The van der Waals surface area contributed by atoms with Crippen LogP contribution in [-0.4, -0.2) is 30.3 Å². The molecule has 0 aromatic carbocycles. The summed E-state index contributed by atoms with van der Waals surface area (Å²) in [6.45, 7) is 2.31. The third kappa shape index (κ3) is 3.02. The molecule has 0 atom stereocenters. The largest absolute Gasteiger partial charge is 0.352 e. The van der Waals surface area contributed by atoms with Crippen LogP contribution in [0, 0.1) is 0 Å². The summed E-state index contributed by atoms with van der Waals surface area (Å²) in [5.74, 6) is 0.585.